The highest BCUT2D eigenvalue weighted by molar-refractivity contribution is 6.16. The summed E-state index contributed by atoms with van der Waals surface area (Å²) < 4.78 is 26.8. The average Bonchev–Trinajstić information content (AvgIpc) is 2.95. The first kappa shape index (κ1) is 24.1. The molecule has 0 spiro atoms. The highest BCUT2D eigenvalue weighted by atomic mass is 19.1. The maximum absolute atomic E-state index is 13.4. The van der Waals surface area contributed by atoms with Gasteiger partial charge in [-0.1, -0.05) is 48.5 Å². The van der Waals surface area contributed by atoms with Crippen LogP contribution in [0.15, 0.2) is 77.8 Å². The number of rotatable bonds is 6. The van der Waals surface area contributed by atoms with Crippen molar-refractivity contribution in [2.45, 2.75) is 25.6 Å². The van der Waals surface area contributed by atoms with Crippen molar-refractivity contribution >= 4 is 23.2 Å². The molecule has 1 heterocycles. The van der Waals surface area contributed by atoms with E-state index >= 15 is 0 Å². The first-order valence-electron chi connectivity index (χ1n) is 11.3. The van der Waals surface area contributed by atoms with Crippen LogP contribution in [0.25, 0.3) is 0 Å². The zero-order valence-corrected chi connectivity index (χ0v) is 19.5. The minimum Gasteiger partial charge on any atom is -0.370 e. The fraction of sp³-hybridized carbons (Fsp3) is 0.222. The quantitative estimate of drug-likeness (QED) is 0.573. The molecule has 0 bridgehead atoms. The van der Waals surface area contributed by atoms with Gasteiger partial charge in [-0.3, -0.25) is 14.6 Å². The summed E-state index contributed by atoms with van der Waals surface area (Å²) >= 11 is 0. The van der Waals surface area contributed by atoms with E-state index in [1.54, 1.807) is 6.92 Å². The molecule has 0 saturated heterocycles. The lowest BCUT2D eigenvalue weighted by atomic mass is 10.0. The second-order valence-electron chi connectivity index (χ2n) is 8.51. The summed E-state index contributed by atoms with van der Waals surface area (Å²) in [5, 5.41) is 5.49. The number of benzodiazepines with no additional fused rings is 1. The molecule has 180 valence electrons. The number of benzene rings is 3. The van der Waals surface area contributed by atoms with Crippen LogP contribution in [0.5, 0.6) is 0 Å². The SMILES string of the molecule is C[C@H](NC(=O)Cc1cc(F)cc(F)c1)C(=O)N[C@@H]1CN(C)c2ccccc2C(c2ccccc2)=N1. The third kappa shape index (κ3) is 5.90. The van der Waals surface area contributed by atoms with Gasteiger partial charge in [0.2, 0.25) is 11.8 Å². The molecule has 0 unspecified atom stereocenters. The Kier molecular flexibility index (Phi) is 7.19. The third-order valence-electron chi connectivity index (χ3n) is 5.72. The molecule has 1 aliphatic heterocycles. The van der Waals surface area contributed by atoms with Crippen molar-refractivity contribution in [1.82, 2.24) is 10.6 Å². The van der Waals surface area contributed by atoms with Gasteiger partial charge in [0.05, 0.1) is 18.7 Å². The number of nitrogens with one attached hydrogen (secondary N) is 2. The summed E-state index contributed by atoms with van der Waals surface area (Å²) in [4.78, 5) is 32.2. The van der Waals surface area contributed by atoms with Crippen LogP contribution < -0.4 is 15.5 Å². The topological polar surface area (TPSA) is 73.8 Å². The number of anilines is 1. The van der Waals surface area contributed by atoms with Crippen LogP contribution in [-0.4, -0.2) is 43.3 Å². The highest BCUT2D eigenvalue weighted by Crippen LogP contribution is 2.26. The molecule has 8 heteroatoms. The average molecular weight is 477 g/mol. The fourth-order valence-corrected chi connectivity index (χ4v) is 4.08. The molecule has 0 aliphatic carbocycles. The number of amides is 2. The Bertz CT molecular complexity index is 1240. The maximum Gasteiger partial charge on any atom is 0.243 e. The molecule has 0 fully saturated rings. The molecule has 0 radical (unpaired) electrons. The van der Waals surface area contributed by atoms with Gasteiger partial charge in [-0.05, 0) is 30.7 Å². The van der Waals surface area contributed by atoms with E-state index in [1.807, 2.05) is 66.5 Å². The van der Waals surface area contributed by atoms with Gasteiger partial charge in [0, 0.05) is 29.9 Å². The lowest BCUT2D eigenvalue weighted by Crippen LogP contribution is -2.50. The van der Waals surface area contributed by atoms with Crippen molar-refractivity contribution in [2.75, 3.05) is 18.5 Å². The molecule has 2 atom stereocenters. The van der Waals surface area contributed by atoms with Crippen molar-refractivity contribution in [3.8, 4) is 0 Å². The second-order valence-corrected chi connectivity index (χ2v) is 8.51. The van der Waals surface area contributed by atoms with E-state index in [1.165, 1.54) is 0 Å². The van der Waals surface area contributed by atoms with E-state index in [0.717, 1.165) is 40.7 Å². The van der Waals surface area contributed by atoms with Crippen LogP contribution in [-0.2, 0) is 16.0 Å². The van der Waals surface area contributed by atoms with Gasteiger partial charge < -0.3 is 15.5 Å². The highest BCUT2D eigenvalue weighted by Gasteiger charge is 2.25. The lowest BCUT2D eigenvalue weighted by molar-refractivity contribution is -0.128. The number of likely N-dealkylation sites (N-methyl/N-ethyl adjacent to an activating group) is 1. The summed E-state index contributed by atoms with van der Waals surface area (Å²) in [6.07, 6.45) is -0.809. The standard InChI is InChI=1S/C27H26F2N4O2/c1-17(30-25(34)14-18-12-20(28)15-21(29)13-18)27(35)32-24-16-33(2)23-11-7-6-10-22(23)26(31-24)19-8-4-3-5-9-19/h3-13,15,17,24H,14,16H2,1-2H3,(H,30,34)(H,32,35)/t17-,24+/m0/s1. The summed E-state index contributed by atoms with van der Waals surface area (Å²) in [6, 6.07) is 19.7. The van der Waals surface area contributed by atoms with Crippen LogP contribution in [0.3, 0.4) is 0 Å². The van der Waals surface area contributed by atoms with Gasteiger partial charge in [-0.15, -0.1) is 0 Å². The van der Waals surface area contributed by atoms with Gasteiger partial charge in [-0.2, -0.15) is 0 Å². The molecular formula is C27H26F2N4O2. The monoisotopic (exact) mass is 476 g/mol. The molecule has 0 saturated carbocycles. The van der Waals surface area contributed by atoms with Crippen molar-refractivity contribution in [3.05, 3.63) is 101 Å². The van der Waals surface area contributed by atoms with Gasteiger partial charge in [0.15, 0.2) is 0 Å². The third-order valence-corrected chi connectivity index (χ3v) is 5.72. The Morgan fingerprint density at radius 2 is 1.69 bits per heavy atom. The van der Waals surface area contributed by atoms with Crippen LogP contribution in [0.2, 0.25) is 0 Å². The number of aliphatic imine (C=N–C) groups is 1. The minimum atomic E-state index is -0.868. The smallest absolute Gasteiger partial charge is 0.243 e. The molecule has 2 N–H and O–H groups in total. The van der Waals surface area contributed by atoms with E-state index in [9.17, 15) is 18.4 Å². The first-order chi connectivity index (χ1) is 16.8. The summed E-state index contributed by atoms with van der Waals surface area (Å²) in [6.45, 7) is 1.98. The number of carbonyl (C=O) groups excluding carboxylic acids is 2. The number of nitrogens with zero attached hydrogens (tertiary/aromatic N) is 2. The van der Waals surface area contributed by atoms with Crippen molar-refractivity contribution in [2.24, 2.45) is 4.99 Å². The summed E-state index contributed by atoms with van der Waals surface area (Å²) in [5.41, 5.74) is 3.84. The Labute approximate surface area is 202 Å². The zero-order chi connectivity index (χ0) is 24.9. The summed E-state index contributed by atoms with van der Waals surface area (Å²) in [7, 11) is 1.94. The van der Waals surface area contributed by atoms with Crippen LogP contribution in [0.1, 0.15) is 23.6 Å². The molecule has 4 rings (SSSR count). The van der Waals surface area contributed by atoms with Crippen LogP contribution in [0.4, 0.5) is 14.5 Å². The Morgan fingerprint density at radius 1 is 1.03 bits per heavy atom. The Balaban J connectivity index is 1.48. The molecule has 0 aromatic heterocycles. The van der Waals surface area contributed by atoms with Crippen molar-refractivity contribution in [3.63, 3.8) is 0 Å². The van der Waals surface area contributed by atoms with E-state index in [2.05, 4.69) is 10.6 Å². The first-order valence-corrected chi connectivity index (χ1v) is 11.3. The lowest BCUT2D eigenvalue weighted by Gasteiger charge is -2.24. The van der Waals surface area contributed by atoms with Gasteiger partial charge in [0.1, 0.15) is 23.8 Å². The number of para-hydroxylation sites is 1. The minimum absolute atomic E-state index is 0.188. The predicted octanol–water partition coefficient (Wildman–Crippen LogP) is 3.44. The zero-order valence-electron chi connectivity index (χ0n) is 19.5. The second kappa shape index (κ2) is 10.5. The number of hydrogen-bond acceptors (Lipinski definition) is 4. The molecular weight excluding hydrogens is 450 g/mol. The van der Waals surface area contributed by atoms with Crippen molar-refractivity contribution < 1.29 is 18.4 Å². The van der Waals surface area contributed by atoms with Gasteiger partial charge in [0.25, 0.3) is 0 Å². The van der Waals surface area contributed by atoms with Crippen molar-refractivity contribution in [1.29, 1.82) is 0 Å². The summed E-state index contributed by atoms with van der Waals surface area (Å²) in [5.74, 6) is -2.45. The van der Waals surface area contributed by atoms with E-state index in [4.69, 9.17) is 4.99 Å². The maximum atomic E-state index is 13.4. The number of fused-ring (bicyclic) bond motifs is 1. The fourth-order valence-electron chi connectivity index (χ4n) is 4.08. The Morgan fingerprint density at radius 3 is 2.40 bits per heavy atom. The molecule has 3 aromatic rings. The predicted molar refractivity (Wildman–Crippen MR) is 131 cm³/mol. The number of carbonyl (C=O) groups is 2. The van der Waals surface area contributed by atoms with E-state index in [-0.39, 0.29) is 12.0 Å². The molecule has 3 aromatic carbocycles. The largest absolute Gasteiger partial charge is 0.370 e. The number of halogens is 2. The van der Waals surface area contributed by atoms with Crippen LogP contribution in [0, 0.1) is 11.6 Å². The Hall–Kier alpha value is -4.07. The molecule has 1 aliphatic rings. The normalized spacial score (nSPS) is 15.9. The van der Waals surface area contributed by atoms with Gasteiger partial charge >= 0.3 is 0 Å². The van der Waals surface area contributed by atoms with E-state index < -0.39 is 35.7 Å². The molecule has 35 heavy (non-hydrogen) atoms. The van der Waals surface area contributed by atoms with E-state index in [0.29, 0.717) is 6.54 Å². The molecule has 6 nitrogen and oxygen atoms in total. The van der Waals surface area contributed by atoms with Gasteiger partial charge in [-0.25, -0.2) is 8.78 Å². The number of hydrogen-bond donors (Lipinski definition) is 2. The molecule has 2 amide bonds. The van der Waals surface area contributed by atoms with Crippen LogP contribution >= 0.6 is 0 Å².